The van der Waals surface area contributed by atoms with Crippen molar-refractivity contribution in [3.63, 3.8) is 0 Å². The number of hydrogen-bond acceptors (Lipinski definition) is 3. The Hall–Kier alpha value is -2.14. The van der Waals surface area contributed by atoms with Gasteiger partial charge in [0.25, 0.3) is 5.91 Å². The second-order valence-corrected chi connectivity index (χ2v) is 6.83. The van der Waals surface area contributed by atoms with Crippen molar-refractivity contribution in [2.75, 3.05) is 6.54 Å². The zero-order valence-corrected chi connectivity index (χ0v) is 15.2. The van der Waals surface area contributed by atoms with E-state index in [2.05, 4.69) is 18.9 Å². The molecule has 0 bridgehead atoms. The minimum Gasteiger partial charge on any atom is -0.391 e. The monoisotopic (exact) mass is 341 g/mol. The molecule has 2 aromatic rings. The van der Waals surface area contributed by atoms with Gasteiger partial charge in [0.1, 0.15) is 0 Å². The molecule has 5 heteroatoms. The number of β-amino-alcohol motifs (C(OH)–C–C–N with tert-alkyl or cyclic N) is 1. The zero-order valence-electron chi connectivity index (χ0n) is 15.2. The van der Waals surface area contributed by atoms with E-state index in [0.29, 0.717) is 24.6 Å². The Morgan fingerprint density at radius 1 is 1.28 bits per heavy atom. The largest absolute Gasteiger partial charge is 0.391 e. The summed E-state index contributed by atoms with van der Waals surface area (Å²) < 4.78 is 1.97. The Morgan fingerprint density at radius 2 is 1.96 bits per heavy atom. The van der Waals surface area contributed by atoms with E-state index in [4.69, 9.17) is 0 Å². The van der Waals surface area contributed by atoms with Gasteiger partial charge in [-0.3, -0.25) is 9.48 Å². The molecule has 0 saturated carbocycles. The van der Waals surface area contributed by atoms with E-state index in [1.165, 1.54) is 0 Å². The average Bonchev–Trinajstić information content (AvgIpc) is 3.20. The second-order valence-electron chi connectivity index (χ2n) is 6.83. The summed E-state index contributed by atoms with van der Waals surface area (Å²) in [5, 5.41) is 14.6. The van der Waals surface area contributed by atoms with Crippen LogP contribution < -0.4 is 0 Å². The number of aliphatic hydroxyl groups is 1. The Labute approximate surface area is 149 Å². The minimum absolute atomic E-state index is 0.0416. The van der Waals surface area contributed by atoms with Crippen LogP contribution in [0.3, 0.4) is 0 Å². The van der Waals surface area contributed by atoms with Crippen molar-refractivity contribution in [2.45, 2.75) is 58.2 Å². The van der Waals surface area contributed by atoms with Gasteiger partial charge in [-0.15, -0.1) is 0 Å². The van der Waals surface area contributed by atoms with Gasteiger partial charge in [-0.05, 0) is 31.7 Å². The van der Waals surface area contributed by atoms with E-state index in [0.717, 1.165) is 24.1 Å². The van der Waals surface area contributed by atoms with E-state index >= 15 is 0 Å². The lowest BCUT2D eigenvalue weighted by atomic mass is 10.0. The van der Waals surface area contributed by atoms with Crippen LogP contribution in [0.1, 0.15) is 66.8 Å². The van der Waals surface area contributed by atoms with E-state index in [1.54, 1.807) is 11.1 Å². The molecule has 0 spiro atoms. The molecule has 2 atom stereocenters. The first-order valence-electron chi connectivity index (χ1n) is 9.14. The number of likely N-dealkylation sites (tertiary alicyclic amines) is 1. The van der Waals surface area contributed by atoms with Gasteiger partial charge >= 0.3 is 0 Å². The molecule has 1 aliphatic rings. The quantitative estimate of drug-likeness (QED) is 0.905. The molecule has 1 N–H and O–H groups in total. The first-order chi connectivity index (χ1) is 12.1. The molecule has 134 valence electrons. The summed E-state index contributed by atoms with van der Waals surface area (Å²) in [6.45, 7) is 6.61. The van der Waals surface area contributed by atoms with Gasteiger partial charge in [-0.1, -0.05) is 44.2 Å². The minimum atomic E-state index is -0.483. The molecule has 25 heavy (non-hydrogen) atoms. The van der Waals surface area contributed by atoms with Crippen LogP contribution in [-0.4, -0.2) is 38.3 Å². The summed E-state index contributed by atoms with van der Waals surface area (Å²) in [4.78, 5) is 15.0. The van der Waals surface area contributed by atoms with Gasteiger partial charge in [0.15, 0.2) is 0 Å². The zero-order chi connectivity index (χ0) is 18.0. The highest BCUT2D eigenvalue weighted by atomic mass is 16.3. The molecule has 1 amide bonds. The fourth-order valence-electron chi connectivity index (χ4n) is 3.82. The van der Waals surface area contributed by atoms with Crippen molar-refractivity contribution in [3.05, 3.63) is 53.3 Å². The van der Waals surface area contributed by atoms with Gasteiger partial charge < -0.3 is 10.0 Å². The van der Waals surface area contributed by atoms with E-state index in [9.17, 15) is 9.90 Å². The number of benzene rings is 1. The lowest BCUT2D eigenvalue weighted by Crippen LogP contribution is -2.32. The van der Waals surface area contributed by atoms with Crippen LogP contribution >= 0.6 is 0 Å². The van der Waals surface area contributed by atoms with Gasteiger partial charge in [0.05, 0.1) is 29.9 Å². The summed E-state index contributed by atoms with van der Waals surface area (Å²) in [7, 11) is 0. The molecule has 1 fully saturated rings. The molecule has 3 rings (SSSR count). The first kappa shape index (κ1) is 17.7. The number of hydrogen-bond donors (Lipinski definition) is 1. The normalized spacial score (nSPS) is 20.4. The second kappa shape index (κ2) is 7.40. The molecule has 1 saturated heterocycles. The fourth-order valence-corrected chi connectivity index (χ4v) is 3.82. The molecular weight excluding hydrogens is 314 g/mol. The van der Waals surface area contributed by atoms with Crippen molar-refractivity contribution < 1.29 is 9.90 Å². The number of amides is 1. The number of nitrogens with zero attached hydrogens (tertiary/aromatic N) is 3. The van der Waals surface area contributed by atoms with Crippen LogP contribution in [0.2, 0.25) is 0 Å². The Kier molecular flexibility index (Phi) is 5.23. The highest BCUT2D eigenvalue weighted by molar-refractivity contribution is 5.95. The Bertz CT molecular complexity index is 722. The number of aromatic nitrogens is 2. The molecule has 1 aliphatic heterocycles. The summed E-state index contributed by atoms with van der Waals surface area (Å²) >= 11 is 0. The van der Waals surface area contributed by atoms with Crippen molar-refractivity contribution in [1.82, 2.24) is 14.7 Å². The lowest BCUT2D eigenvalue weighted by Gasteiger charge is -2.25. The number of carbonyl (C=O) groups is 1. The third-order valence-electron chi connectivity index (χ3n) is 5.29. The predicted molar refractivity (Wildman–Crippen MR) is 97.4 cm³/mol. The topological polar surface area (TPSA) is 58.4 Å². The van der Waals surface area contributed by atoms with Crippen LogP contribution in [0.25, 0.3) is 0 Å². The van der Waals surface area contributed by atoms with Crippen LogP contribution in [0.5, 0.6) is 0 Å². The molecule has 1 aromatic heterocycles. The highest BCUT2D eigenvalue weighted by Crippen LogP contribution is 2.34. The molecule has 0 aliphatic carbocycles. The number of aliphatic hydroxyl groups excluding tert-OH is 1. The Balaban J connectivity index is 1.89. The highest BCUT2D eigenvalue weighted by Gasteiger charge is 2.36. The lowest BCUT2D eigenvalue weighted by molar-refractivity contribution is 0.0715. The van der Waals surface area contributed by atoms with Gasteiger partial charge in [-0.2, -0.15) is 5.10 Å². The van der Waals surface area contributed by atoms with Gasteiger partial charge in [-0.25, -0.2) is 0 Å². The van der Waals surface area contributed by atoms with E-state index in [-0.39, 0.29) is 11.9 Å². The van der Waals surface area contributed by atoms with E-state index in [1.807, 2.05) is 41.9 Å². The molecule has 0 radical (unpaired) electrons. The third kappa shape index (κ3) is 3.33. The van der Waals surface area contributed by atoms with E-state index < -0.39 is 6.10 Å². The summed E-state index contributed by atoms with van der Waals surface area (Å²) in [6, 6.07) is 10.2. The van der Waals surface area contributed by atoms with Crippen molar-refractivity contribution >= 4 is 5.91 Å². The predicted octanol–water partition coefficient (Wildman–Crippen LogP) is 3.50. The smallest absolute Gasteiger partial charge is 0.257 e. The average molecular weight is 341 g/mol. The summed E-state index contributed by atoms with van der Waals surface area (Å²) in [6.07, 6.45) is 3.75. The molecule has 1 aromatic carbocycles. The molecular formula is C20H27N3O2. The summed E-state index contributed by atoms with van der Waals surface area (Å²) in [5.74, 6) is -0.0416. The van der Waals surface area contributed by atoms with Crippen molar-refractivity contribution in [3.8, 4) is 0 Å². The van der Waals surface area contributed by atoms with Crippen LogP contribution in [0, 0.1) is 6.92 Å². The van der Waals surface area contributed by atoms with Crippen LogP contribution in [0.4, 0.5) is 0 Å². The fraction of sp³-hybridized carbons (Fsp3) is 0.500. The van der Waals surface area contributed by atoms with Gasteiger partial charge in [0.2, 0.25) is 0 Å². The Morgan fingerprint density at radius 3 is 2.60 bits per heavy atom. The maximum absolute atomic E-state index is 13.2. The third-order valence-corrected chi connectivity index (χ3v) is 5.29. The number of carbonyl (C=O) groups excluding carboxylic acids is 1. The standard InChI is InChI=1S/C20H27N3O2/c1-4-16(5-2)23-14(3)18(12-21-23)20(25)22-13-17(24)11-19(22)15-9-7-6-8-10-15/h6-10,12,16-17,19,24H,4-5,11,13H2,1-3H3/t17-,19+/m0/s1. The van der Waals surface area contributed by atoms with Crippen LogP contribution in [-0.2, 0) is 0 Å². The van der Waals surface area contributed by atoms with Gasteiger partial charge in [0, 0.05) is 12.2 Å². The number of rotatable bonds is 5. The maximum Gasteiger partial charge on any atom is 0.257 e. The van der Waals surface area contributed by atoms with Crippen molar-refractivity contribution in [2.24, 2.45) is 0 Å². The molecule has 2 heterocycles. The molecule has 0 unspecified atom stereocenters. The van der Waals surface area contributed by atoms with Crippen LogP contribution in [0.15, 0.2) is 36.5 Å². The maximum atomic E-state index is 13.2. The SMILES string of the molecule is CCC(CC)n1ncc(C(=O)N2C[C@@H](O)C[C@@H]2c2ccccc2)c1C. The summed E-state index contributed by atoms with van der Waals surface area (Å²) in [5.41, 5.74) is 2.62. The molecule has 5 nitrogen and oxygen atoms in total. The first-order valence-corrected chi connectivity index (χ1v) is 9.14. The van der Waals surface area contributed by atoms with Crippen molar-refractivity contribution in [1.29, 1.82) is 0 Å².